The molecule has 1 rings (SSSR count). The van der Waals surface area contributed by atoms with E-state index in [1.165, 1.54) is 12.1 Å². The van der Waals surface area contributed by atoms with Crippen molar-refractivity contribution in [2.45, 2.75) is 20.4 Å². The summed E-state index contributed by atoms with van der Waals surface area (Å²) in [5, 5.41) is 2.96. The van der Waals surface area contributed by atoms with Crippen LogP contribution in [0.25, 0.3) is 0 Å². The summed E-state index contributed by atoms with van der Waals surface area (Å²) in [7, 11) is 0. The molecule has 0 heterocycles. The maximum Gasteiger partial charge on any atom is 0.248 e. The maximum atomic E-state index is 13.6. The molecule has 1 aromatic carbocycles. The van der Waals surface area contributed by atoms with Crippen LogP contribution in [-0.2, 0) is 11.3 Å². The van der Waals surface area contributed by atoms with Crippen molar-refractivity contribution in [1.82, 2.24) is 5.32 Å². The molecule has 6 heteroatoms. The zero-order valence-corrected chi connectivity index (χ0v) is 11.0. The Morgan fingerprint density at radius 1 is 1.32 bits per heavy atom. The average Bonchev–Trinajstić information content (AvgIpc) is 2.30. The molecule has 0 aliphatic carbocycles. The van der Waals surface area contributed by atoms with Gasteiger partial charge in [-0.15, -0.1) is 0 Å². The minimum absolute atomic E-state index is 0.124. The fourth-order valence-electron chi connectivity index (χ4n) is 1.44. The highest BCUT2D eigenvalue weighted by Crippen LogP contribution is 2.14. The number of hydrogen-bond acceptors (Lipinski definition) is 3. The van der Waals surface area contributed by atoms with Crippen molar-refractivity contribution in [2.75, 3.05) is 6.54 Å². The second-order valence-corrected chi connectivity index (χ2v) is 5.02. The second kappa shape index (κ2) is 5.79. The van der Waals surface area contributed by atoms with E-state index in [2.05, 4.69) is 5.32 Å². The van der Waals surface area contributed by atoms with Gasteiger partial charge in [0, 0.05) is 24.2 Å². The first-order valence-corrected chi connectivity index (χ1v) is 5.83. The molecule has 5 nitrogen and oxygen atoms in total. The average molecular weight is 267 g/mol. The first kappa shape index (κ1) is 15.1. The monoisotopic (exact) mass is 267 g/mol. The molecule has 0 unspecified atom stereocenters. The quantitative estimate of drug-likeness (QED) is 0.701. The molecule has 0 aromatic heterocycles. The second-order valence-electron chi connectivity index (χ2n) is 5.02. The third kappa shape index (κ3) is 4.03. The molecular weight excluding hydrogens is 249 g/mol. The molecule has 0 spiro atoms. The van der Waals surface area contributed by atoms with E-state index in [9.17, 15) is 14.0 Å². The van der Waals surface area contributed by atoms with Crippen molar-refractivity contribution in [3.05, 3.63) is 35.1 Å². The number of benzene rings is 1. The Morgan fingerprint density at radius 3 is 2.42 bits per heavy atom. The molecular formula is C13H18FN3O2. The lowest BCUT2D eigenvalue weighted by Gasteiger charge is -2.20. The summed E-state index contributed by atoms with van der Waals surface area (Å²) in [6.07, 6.45) is 0. The topological polar surface area (TPSA) is 98.2 Å². The van der Waals surface area contributed by atoms with Crippen molar-refractivity contribution in [1.29, 1.82) is 0 Å². The minimum atomic E-state index is -0.705. The molecule has 1 aromatic rings. The molecule has 0 atom stereocenters. The van der Waals surface area contributed by atoms with E-state index in [1.807, 2.05) is 0 Å². The van der Waals surface area contributed by atoms with Gasteiger partial charge in [-0.1, -0.05) is 6.07 Å². The fourth-order valence-corrected chi connectivity index (χ4v) is 1.44. The van der Waals surface area contributed by atoms with Gasteiger partial charge >= 0.3 is 0 Å². The number of primary amides is 2. The molecule has 2 amide bonds. The van der Waals surface area contributed by atoms with E-state index in [-0.39, 0.29) is 12.1 Å². The van der Waals surface area contributed by atoms with Gasteiger partial charge in [0.25, 0.3) is 0 Å². The van der Waals surface area contributed by atoms with E-state index in [1.54, 1.807) is 13.8 Å². The van der Waals surface area contributed by atoms with Crippen LogP contribution in [-0.4, -0.2) is 18.4 Å². The van der Waals surface area contributed by atoms with Crippen LogP contribution >= 0.6 is 0 Å². The van der Waals surface area contributed by atoms with Crippen LogP contribution in [0.2, 0.25) is 0 Å². The van der Waals surface area contributed by atoms with Crippen molar-refractivity contribution in [3.8, 4) is 0 Å². The van der Waals surface area contributed by atoms with Gasteiger partial charge in [-0.25, -0.2) is 4.39 Å². The third-order valence-corrected chi connectivity index (χ3v) is 2.89. The molecule has 0 saturated heterocycles. The highest BCUT2D eigenvalue weighted by atomic mass is 19.1. The van der Waals surface area contributed by atoms with E-state index < -0.39 is 23.0 Å². The van der Waals surface area contributed by atoms with Crippen LogP contribution in [0.5, 0.6) is 0 Å². The van der Waals surface area contributed by atoms with Crippen LogP contribution in [0.15, 0.2) is 18.2 Å². The Labute approximate surface area is 111 Å². The fraction of sp³-hybridized carbons (Fsp3) is 0.385. The zero-order chi connectivity index (χ0) is 14.6. The highest BCUT2D eigenvalue weighted by Gasteiger charge is 2.24. The maximum absolute atomic E-state index is 13.6. The summed E-state index contributed by atoms with van der Waals surface area (Å²) in [5.41, 5.74) is 10.1. The highest BCUT2D eigenvalue weighted by molar-refractivity contribution is 5.92. The van der Waals surface area contributed by atoms with Gasteiger partial charge in [-0.05, 0) is 26.0 Å². The predicted molar refractivity (Wildman–Crippen MR) is 69.6 cm³/mol. The van der Waals surface area contributed by atoms with Crippen LogP contribution in [0.1, 0.15) is 29.8 Å². The molecule has 19 heavy (non-hydrogen) atoms. The Hall–Kier alpha value is -1.95. The Morgan fingerprint density at radius 2 is 1.95 bits per heavy atom. The van der Waals surface area contributed by atoms with Gasteiger partial charge in [-0.2, -0.15) is 0 Å². The van der Waals surface area contributed by atoms with Crippen molar-refractivity contribution in [3.63, 3.8) is 0 Å². The Kier molecular flexibility index (Phi) is 4.61. The summed E-state index contributed by atoms with van der Waals surface area (Å²) >= 11 is 0. The Bertz CT molecular complexity index is 501. The lowest BCUT2D eigenvalue weighted by atomic mass is 9.93. The van der Waals surface area contributed by atoms with Gasteiger partial charge in [0.1, 0.15) is 5.82 Å². The summed E-state index contributed by atoms with van der Waals surface area (Å²) in [4.78, 5) is 22.0. The van der Waals surface area contributed by atoms with Crippen molar-refractivity contribution < 1.29 is 14.0 Å². The third-order valence-electron chi connectivity index (χ3n) is 2.89. The van der Waals surface area contributed by atoms with E-state index in [0.717, 1.165) is 6.07 Å². The number of halogens is 1. The molecule has 0 radical (unpaired) electrons. The normalized spacial score (nSPS) is 11.3. The first-order valence-electron chi connectivity index (χ1n) is 5.83. The van der Waals surface area contributed by atoms with Gasteiger partial charge in [0.05, 0.1) is 5.41 Å². The summed E-state index contributed by atoms with van der Waals surface area (Å²) < 4.78 is 13.6. The van der Waals surface area contributed by atoms with Gasteiger partial charge in [0.15, 0.2) is 0 Å². The lowest BCUT2D eigenvalue weighted by molar-refractivity contribution is -0.125. The number of nitrogens with one attached hydrogen (secondary N) is 1. The molecule has 5 N–H and O–H groups in total. The molecule has 0 fully saturated rings. The van der Waals surface area contributed by atoms with Crippen molar-refractivity contribution in [2.24, 2.45) is 16.9 Å². The summed E-state index contributed by atoms with van der Waals surface area (Å²) in [5.74, 6) is -1.61. The lowest BCUT2D eigenvalue weighted by Crippen LogP contribution is -2.40. The van der Waals surface area contributed by atoms with E-state index in [4.69, 9.17) is 11.5 Å². The van der Waals surface area contributed by atoms with Gasteiger partial charge in [0.2, 0.25) is 11.8 Å². The number of rotatable bonds is 6. The SMILES string of the molecule is CC(C)(CNCc1ccc(C(N)=O)cc1F)C(N)=O. The van der Waals surface area contributed by atoms with Crippen LogP contribution in [0.3, 0.4) is 0 Å². The largest absolute Gasteiger partial charge is 0.369 e. The number of carbonyl (C=O) groups is 2. The van der Waals surface area contributed by atoms with Crippen molar-refractivity contribution >= 4 is 11.8 Å². The van der Waals surface area contributed by atoms with Crippen LogP contribution < -0.4 is 16.8 Å². The summed E-state index contributed by atoms with van der Waals surface area (Å²) in [6.45, 7) is 3.98. The smallest absolute Gasteiger partial charge is 0.248 e. The zero-order valence-electron chi connectivity index (χ0n) is 11.0. The molecule has 0 bridgehead atoms. The number of amides is 2. The van der Waals surface area contributed by atoms with E-state index >= 15 is 0 Å². The molecule has 104 valence electrons. The minimum Gasteiger partial charge on any atom is -0.369 e. The number of nitrogens with two attached hydrogens (primary N) is 2. The first-order chi connectivity index (χ1) is 8.74. The molecule has 0 aliphatic heterocycles. The standard InChI is InChI=1S/C13H18FN3O2/c1-13(2,12(16)19)7-17-6-9-4-3-8(11(15)18)5-10(9)14/h3-5,17H,6-7H2,1-2H3,(H2,15,18)(H2,16,19). The Balaban J connectivity index is 2.64. The van der Waals surface area contributed by atoms with Gasteiger partial charge < -0.3 is 16.8 Å². The number of carbonyl (C=O) groups excluding carboxylic acids is 2. The summed E-state index contributed by atoms with van der Waals surface area (Å²) in [6, 6.07) is 4.04. The van der Waals surface area contributed by atoms with Gasteiger partial charge in [-0.3, -0.25) is 9.59 Å². The molecule has 0 saturated carbocycles. The van der Waals surface area contributed by atoms with Crippen LogP contribution in [0, 0.1) is 11.2 Å². The molecule has 0 aliphatic rings. The number of hydrogen-bond donors (Lipinski definition) is 3. The van der Waals surface area contributed by atoms with E-state index in [0.29, 0.717) is 12.1 Å². The van der Waals surface area contributed by atoms with Crippen LogP contribution in [0.4, 0.5) is 4.39 Å². The predicted octanol–water partition coefficient (Wildman–Crippen LogP) is 0.526.